The third kappa shape index (κ3) is 2.86. The van der Waals surface area contributed by atoms with E-state index < -0.39 is 16.6 Å². The molecule has 0 saturated carbocycles. The first-order valence-electron chi connectivity index (χ1n) is 6.00. The molecule has 0 radical (unpaired) electrons. The van der Waals surface area contributed by atoms with E-state index >= 15 is 0 Å². The number of allylic oxidation sites excluding steroid dienone is 2. The molecule has 2 nitrogen and oxygen atoms in total. The fraction of sp³-hybridized carbons (Fsp3) is 0.571. The van der Waals surface area contributed by atoms with Gasteiger partial charge in [-0.1, -0.05) is 0 Å². The first-order valence-corrected chi connectivity index (χ1v) is 9.37. The zero-order chi connectivity index (χ0) is 14.0. The monoisotopic (exact) mass is 272 g/mol. The molecule has 0 bridgehead atoms. The summed E-state index contributed by atoms with van der Waals surface area (Å²) in [6, 6.07) is 0. The van der Waals surface area contributed by atoms with Gasteiger partial charge in [-0.3, -0.25) is 0 Å². The molecule has 0 aromatic rings. The Kier molecular flexibility index (Phi) is 5.76. The van der Waals surface area contributed by atoms with Gasteiger partial charge in [-0.05, 0) is 0 Å². The van der Waals surface area contributed by atoms with E-state index in [9.17, 15) is 9.59 Å². The van der Waals surface area contributed by atoms with Gasteiger partial charge < -0.3 is 0 Å². The van der Waals surface area contributed by atoms with Crippen molar-refractivity contribution in [2.75, 3.05) is 0 Å². The Hall–Kier alpha value is -0.466. The molecule has 0 saturated heterocycles. The molecule has 0 aromatic carbocycles. The Morgan fingerprint density at radius 3 is 1.18 bits per heavy atom. The van der Waals surface area contributed by atoms with Gasteiger partial charge in [-0.25, -0.2) is 0 Å². The molecule has 0 aliphatic carbocycles. The van der Waals surface area contributed by atoms with Crippen LogP contribution < -0.4 is 0 Å². The fourth-order valence-electron chi connectivity index (χ4n) is 2.52. The number of hydrogen-bond acceptors (Lipinski definition) is 2. The van der Waals surface area contributed by atoms with Gasteiger partial charge in [-0.2, -0.15) is 0 Å². The van der Waals surface area contributed by atoms with Crippen molar-refractivity contribution in [3.8, 4) is 0 Å². The van der Waals surface area contributed by atoms with Crippen molar-refractivity contribution in [2.24, 2.45) is 0 Å². The Morgan fingerprint density at radius 1 is 0.824 bits per heavy atom. The summed E-state index contributed by atoms with van der Waals surface area (Å²) in [6.07, 6.45) is 0. The topological polar surface area (TPSA) is 34.1 Å². The third-order valence-corrected chi connectivity index (χ3v) is 12.7. The molecule has 0 aliphatic heterocycles. The van der Waals surface area contributed by atoms with Crippen LogP contribution in [0, 0.1) is 0 Å². The molecule has 96 valence electrons. The molecular weight excluding hydrogens is 248 g/mol. The SMILES string of the molecule is C=C(C)[C](=O)[Ti]([C](=O)C(=C)C)([CH](C)C)[CH](C)C. The van der Waals surface area contributed by atoms with Crippen LogP contribution in [0.4, 0.5) is 0 Å². The van der Waals surface area contributed by atoms with Gasteiger partial charge in [0.2, 0.25) is 0 Å². The number of carbonyl (C=O) groups excluding carboxylic acids is 2. The van der Waals surface area contributed by atoms with Crippen molar-refractivity contribution in [3.05, 3.63) is 24.3 Å². The van der Waals surface area contributed by atoms with Crippen LogP contribution in [0.5, 0.6) is 0 Å². The van der Waals surface area contributed by atoms with E-state index in [-0.39, 0.29) is 16.6 Å². The Bertz CT molecular complexity index is 328. The van der Waals surface area contributed by atoms with E-state index in [0.717, 1.165) is 0 Å². The molecule has 3 heteroatoms. The van der Waals surface area contributed by atoms with Crippen LogP contribution in [0.1, 0.15) is 41.5 Å². The second kappa shape index (κ2) is 5.92. The second-order valence-electron chi connectivity index (χ2n) is 5.40. The van der Waals surface area contributed by atoms with Crippen LogP contribution in [-0.2, 0) is 26.2 Å². The Balaban J connectivity index is 5.96. The van der Waals surface area contributed by atoms with Crippen molar-refractivity contribution < 1.29 is 26.2 Å². The summed E-state index contributed by atoms with van der Waals surface area (Å²) in [6.45, 7) is 18.9. The molecule has 0 fully saturated rings. The first-order chi connectivity index (χ1) is 7.59. The van der Waals surface area contributed by atoms with E-state index in [1.807, 2.05) is 27.7 Å². The van der Waals surface area contributed by atoms with E-state index in [0.29, 0.717) is 11.1 Å². The Labute approximate surface area is 109 Å². The molecule has 0 aromatic heterocycles. The standard InChI is InChI=1S/2C4H5O.2C3H7.Ti/c2*1-4(2)3-5;2*1-3-2;/h2*1H2,2H3;2*3H,1-2H3;. The van der Waals surface area contributed by atoms with Gasteiger partial charge in [0.25, 0.3) is 0 Å². The minimum absolute atomic E-state index is 0.0306. The Morgan fingerprint density at radius 2 is 1.06 bits per heavy atom. The van der Waals surface area contributed by atoms with Gasteiger partial charge in [0, 0.05) is 0 Å². The summed E-state index contributed by atoms with van der Waals surface area (Å²) in [7, 11) is 0. The van der Waals surface area contributed by atoms with Crippen molar-refractivity contribution in [2.45, 2.75) is 50.0 Å². The zero-order valence-electron chi connectivity index (χ0n) is 11.9. The summed E-state index contributed by atoms with van der Waals surface area (Å²) in [5.41, 5.74) is 1.03. The van der Waals surface area contributed by atoms with Crippen LogP contribution >= 0.6 is 0 Å². The molecule has 0 N–H and O–H groups in total. The molecular formula is C14H24O2Ti. The van der Waals surface area contributed by atoms with Crippen LogP contribution in [0.25, 0.3) is 0 Å². The van der Waals surface area contributed by atoms with Crippen molar-refractivity contribution >= 4 is 8.18 Å². The first kappa shape index (κ1) is 16.5. The fourth-order valence-corrected chi connectivity index (χ4v) is 10.4. The molecule has 0 heterocycles. The number of carbonyl (C=O) groups is 2. The summed E-state index contributed by atoms with van der Waals surface area (Å²) in [4.78, 5) is 25.0. The maximum absolute atomic E-state index is 12.5. The number of hydrogen-bond donors (Lipinski definition) is 0. The second-order valence-corrected chi connectivity index (χ2v) is 13.1. The normalized spacial score (nSPS) is 11.8. The van der Waals surface area contributed by atoms with Crippen molar-refractivity contribution in [1.82, 2.24) is 0 Å². The van der Waals surface area contributed by atoms with Gasteiger partial charge in [0.05, 0.1) is 0 Å². The molecule has 0 aliphatic rings. The van der Waals surface area contributed by atoms with Crippen LogP contribution in [0.2, 0.25) is 8.45 Å². The maximum atomic E-state index is 12.5. The average Bonchev–Trinajstić information content (AvgIpc) is 2.16. The zero-order valence-corrected chi connectivity index (χ0v) is 13.4. The van der Waals surface area contributed by atoms with Crippen LogP contribution in [0.3, 0.4) is 0 Å². The van der Waals surface area contributed by atoms with E-state index in [2.05, 4.69) is 13.2 Å². The minimum atomic E-state index is -3.37. The third-order valence-electron chi connectivity index (χ3n) is 3.35. The average molecular weight is 272 g/mol. The van der Waals surface area contributed by atoms with Gasteiger partial charge in [0.1, 0.15) is 0 Å². The summed E-state index contributed by atoms with van der Waals surface area (Å²) < 4.78 is 0.290. The molecule has 0 atom stereocenters. The van der Waals surface area contributed by atoms with Crippen molar-refractivity contribution in [3.63, 3.8) is 0 Å². The summed E-state index contributed by atoms with van der Waals surface area (Å²) in [5, 5.41) is 0. The molecule has 17 heavy (non-hydrogen) atoms. The van der Waals surface area contributed by atoms with Gasteiger partial charge in [-0.15, -0.1) is 0 Å². The molecule has 0 rings (SSSR count). The quantitative estimate of drug-likeness (QED) is 0.541. The van der Waals surface area contributed by atoms with E-state index in [4.69, 9.17) is 0 Å². The van der Waals surface area contributed by atoms with E-state index in [1.165, 1.54) is 0 Å². The predicted molar refractivity (Wildman–Crippen MR) is 69.8 cm³/mol. The number of rotatable bonds is 6. The van der Waals surface area contributed by atoms with Gasteiger partial charge >= 0.3 is 109 Å². The molecule has 0 spiro atoms. The molecule has 0 amide bonds. The van der Waals surface area contributed by atoms with Gasteiger partial charge in [0.15, 0.2) is 0 Å². The summed E-state index contributed by atoms with van der Waals surface area (Å²) in [5.74, 6) is 0. The molecule has 0 unspecified atom stereocenters. The van der Waals surface area contributed by atoms with Crippen molar-refractivity contribution in [1.29, 1.82) is 0 Å². The summed E-state index contributed by atoms with van der Waals surface area (Å²) >= 11 is -3.37. The predicted octanol–water partition coefficient (Wildman–Crippen LogP) is 4.00. The van der Waals surface area contributed by atoms with Crippen LogP contribution in [0.15, 0.2) is 24.3 Å². The van der Waals surface area contributed by atoms with E-state index in [1.54, 1.807) is 13.8 Å². The van der Waals surface area contributed by atoms with Crippen LogP contribution in [-0.4, -0.2) is 8.18 Å².